The lowest BCUT2D eigenvalue weighted by atomic mass is 10.4. The normalized spacial score (nSPS) is 10.7. The first-order valence-corrected chi connectivity index (χ1v) is 7.75. The van der Waals surface area contributed by atoms with Crippen LogP contribution in [0.1, 0.15) is 15.5 Å². The maximum atomic E-state index is 13.1. The fourth-order valence-electron chi connectivity index (χ4n) is 1.80. The molecule has 0 aliphatic carbocycles. The van der Waals surface area contributed by atoms with Crippen molar-refractivity contribution in [2.45, 2.75) is 6.92 Å². The number of carbonyl (C=O) groups excluding carboxylic acids is 1. The molecule has 3 rings (SSSR count). The highest BCUT2D eigenvalue weighted by atomic mass is 79.9. The largest absolute Gasteiger partial charge is 0.318 e. The van der Waals surface area contributed by atoms with Gasteiger partial charge in [0.05, 0.1) is 28.8 Å². The Morgan fingerprint density at radius 2 is 2.32 bits per heavy atom. The van der Waals surface area contributed by atoms with Gasteiger partial charge in [-0.2, -0.15) is 9.49 Å². The van der Waals surface area contributed by atoms with Crippen LogP contribution in [-0.2, 0) is 0 Å². The second-order valence-corrected chi connectivity index (χ2v) is 6.84. The molecule has 22 heavy (non-hydrogen) atoms. The summed E-state index contributed by atoms with van der Waals surface area (Å²) in [7, 11) is 0. The van der Waals surface area contributed by atoms with E-state index in [9.17, 15) is 9.18 Å². The van der Waals surface area contributed by atoms with Crippen molar-refractivity contribution in [1.29, 1.82) is 0 Å². The molecule has 0 spiro atoms. The number of hydrogen-bond acceptors (Lipinski definition) is 5. The van der Waals surface area contributed by atoms with Crippen molar-refractivity contribution in [3.8, 4) is 5.69 Å². The maximum Gasteiger partial charge on any atom is 0.276 e. The van der Waals surface area contributed by atoms with Gasteiger partial charge in [-0.05, 0) is 28.9 Å². The third-order valence-corrected chi connectivity index (χ3v) is 4.34. The molecule has 0 saturated heterocycles. The molecule has 3 aromatic rings. The second kappa shape index (κ2) is 5.93. The van der Waals surface area contributed by atoms with Gasteiger partial charge in [0.2, 0.25) is 5.95 Å². The maximum absolute atomic E-state index is 13.1. The van der Waals surface area contributed by atoms with E-state index < -0.39 is 5.95 Å². The lowest BCUT2D eigenvalue weighted by Crippen LogP contribution is -2.12. The standard InChI is InChI=1S/C13H9BrFN5OS/c1-7-18-11(12(14)22-7)13(21)19-8-5-17-20(6-8)9-2-3-16-10(15)4-9/h2-6H,1H3,(H,19,21). The summed E-state index contributed by atoms with van der Waals surface area (Å²) in [5.74, 6) is -0.933. The summed E-state index contributed by atoms with van der Waals surface area (Å²) in [5, 5.41) is 7.57. The molecule has 0 saturated carbocycles. The van der Waals surface area contributed by atoms with Gasteiger partial charge in [0.15, 0.2) is 5.69 Å². The van der Waals surface area contributed by atoms with Gasteiger partial charge in [0.25, 0.3) is 5.91 Å². The van der Waals surface area contributed by atoms with Crippen LogP contribution in [0.3, 0.4) is 0 Å². The van der Waals surface area contributed by atoms with Gasteiger partial charge in [-0.1, -0.05) is 0 Å². The van der Waals surface area contributed by atoms with Crippen molar-refractivity contribution in [2.75, 3.05) is 5.32 Å². The Morgan fingerprint density at radius 3 is 3.00 bits per heavy atom. The summed E-state index contributed by atoms with van der Waals surface area (Å²) in [5.41, 5.74) is 1.32. The van der Waals surface area contributed by atoms with Crippen LogP contribution in [0.5, 0.6) is 0 Å². The monoisotopic (exact) mass is 381 g/mol. The average Bonchev–Trinajstić information content (AvgIpc) is 3.05. The first-order valence-electron chi connectivity index (χ1n) is 6.14. The average molecular weight is 382 g/mol. The zero-order valence-electron chi connectivity index (χ0n) is 11.2. The van der Waals surface area contributed by atoms with Gasteiger partial charge in [-0.25, -0.2) is 14.6 Å². The van der Waals surface area contributed by atoms with Crippen LogP contribution in [-0.4, -0.2) is 25.7 Å². The quantitative estimate of drug-likeness (QED) is 0.707. The van der Waals surface area contributed by atoms with E-state index in [4.69, 9.17) is 0 Å². The molecule has 3 heterocycles. The second-order valence-electron chi connectivity index (χ2n) is 4.32. The van der Waals surface area contributed by atoms with Crippen LogP contribution in [0.2, 0.25) is 0 Å². The van der Waals surface area contributed by atoms with Crippen molar-refractivity contribution >= 4 is 38.9 Å². The number of amides is 1. The van der Waals surface area contributed by atoms with Crippen LogP contribution in [0.15, 0.2) is 34.5 Å². The molecule has 1 amide bonds. The zero-order chi connectivity index (χ0) is 15.7. The van der Waals surface area contributed by atoms with E-state index in [1.54, 1.807) is 12.3 Å². The van der Waals surface area contributed by atoms with Crippen molar-refractivity contribution in [3.63, 3.8) is 0 Å². The van der Waals surface area contributed by atoms with Gasteiger partial charge >= 0.3 is 0 Å². The SMILES string of the molecule is Cc1nc(C(=O)Nc2cnn(-c3ccnc(F)c3)c2)c(Br)s1. The van der Waals surface area contributed by atoms with Crippen LogP contribution in [0.25, 0.3) is 5.69 Å². The van der Waals surface area contributed by atoms with Crippen LogP contribution in [0.4, 0.5) is 10.1 Å². The molecule has 6 nitrogen and oxygen atoms in total. The predicted molar refractivity (Wildman–Crippen MR) is 83.8 cm³/mol. The fraction of sp³-hybridized carbons (Fsp3) is 0.0769. The Bertz CT molecular complexity index is 847. The molecule has 0 aromatic carbocycles. The van der Waals surface area contributed by atoms with E-state index in [2.05, 4.69) is 36.3 Å². The van der Waals surface area contributed by atoms with E-state index in [1.807, 2.05) is 6.92 Å². The highest BCUT2D eigenvalue weighted by Gasteiger charge is 2.16. The van der Waals surface area contributed by atoms with E-state index in [0.717, 1.165) is 5.01 Å². The van der Waals surface area contributed by atoms with E-state index in [1.165, 1.54) is 34.5 Å². The summed E-state index contributed by atoms with van der Waals surface area (Å²) in [6.45, 7) is 1.82. The van der Waals surface area contributed by atoms with Gasteiger partial charge in [0.1, 0.15) is 3.79 Å². The number of pyridine rings is 1. The number of hydrogen-bond donors (Lipinski definition) is 1. The topological polar surface area (TPSA) is 72.7 Å². The van der Waals surface area contributed by atoms with Crippen molar-refractivity contribution in [3.05, 3.63) is 51.2 Å². The lowest BCUT2D eigenvalue weighted by Gasteiger charge is -2.01. The Labute approximate surface area is 137 Å². The Morgan fingerprint density at radius 1 is 1.50 bits per heavy atom. The third-order valence-electron chi connectivity index (χ3n) is 2.72. The van der Waals surface area contributed by atoms with Gasteiger partial charge in [-0.15, -0.1) is 11.3 Å². The molecule has 112 valence electrons. The Balaban J connectivity index is 1.80. The molecule has 3 aromatic heterocycles. The number of nitrogens with zero attached hydrogens (tertiary/aromatic N) is 4. The molecule has 0 fully saturated rings. The number of rotatable bonds is 3. The van der Waals surface area contributed by atoms with Gasteiger partial charge < -0.3 is 5.32 Å². The number of carbonyl (C=O) groups is 1. The first-order chi connectivity index (χ1) is 10.5. The smallest absolute Gasteiger partial charge is 0.276 e. The molecule has 0 aliphatic heterocycles. The van der Waals surface area contributed by atoms with Crippen molar-refractivity contribution in [1.82, 2.24) is 19.7 Å². The van der Waals surface area contributed by atoms with Gasteiger partial charge in [0, 0.05) is 12.3 Å². The number of nitrogens with one attached hydrogen (secondary N) is 1. The fourth-order valence-corrected chi connectivity index (χ4v) is 3.40. The van der Waals surface area contributed by atoms with Crippen LogP contribution < -0.4 is 5.32 Å². The molecule has 0 unspecified atom stereocenters. The van der Waals surface area contributed by atoms with Gasteiger partial charge in [-0.3, -0.25) is 4.79 Å². The molecule has 0 aliphatic rings. The summed E-state index contributed by atoms with van der Waals surface area (Å²) in [6.07, 6.45) is 4.41. The predicted octanol–water partition coefficient (Wildman–Crippen LogP) is 3.19. The van der Waals surface area contributed by atoms with Crippen molar-refractivity contribution < 1.29 is 9.18 Å². The molecular formula is C13H9BrFN5OS. The molecule has 0 bridgehead atoms. The number of aryl methyl sites for hydroxylation is 1. The van der Waals surface area contributed by atoms with Crippen molar-refractivity contribution in [2.24, 2.45) is 0 Å². The number of halogens is 2. The molecule has 9 heteroatoms. The summed E-state index contributed by atoms with van der Waals surface area (Å²) in [6, 6.07) is 2.86. The summed E-state index contributed by atoms with van der Waals surface area (Å²) in [4.78, 5) is 19.8. The molecule has 0 atom stereocenters. The lowest BCUT2D eigenvalue weighted by molar-refractivity contribution is 0.102. The minimum absolute atomic E-state index is 0.324. The number of anilines is 1. The molecule has 1 N–H and O–H groups in total. The summed E-state index contributed by atoms with van der Waals surface area (Å²) >= 11 is 4.69. The number of thiazole rings is 1. The Hall–Kier alpha value is -2.13. The van der Waals surface area contributed by atoms with Crippen LogP contribution >= 0.6 is 27.3 Å². The summed E-state index contributed by atoms with van der Waals surface area (Å²) < 4.78 is 15.2. The van der Waals surface area contributed by atoms with Crippen LogP contribution in [0, 0.1) is 12.9 Å². The third kappa shape index (κ3) is 3.04. The number of aromatic nitrogens is 4. The van der Waals surface area contributed by atoms with E-state index >= 15 is 0 Å². The first kappa shape index (κ1) is 14.8. The minimum Gasteiger partial charge on any atom is -0.318 e. The van der Waals surface area contributed by atoms with E-state index in [0.29, 0.717) is 20.9 Å². The highest BCUT2D eigenvalue weighted by Crippen LogP contribution is 2.25. The van der Waals surface area contributed by atoms with E-state index in [-0.39, 0.29) is 5.91 Å². The zero-order valence-corrected chi connectivity index (χ0v) is 13.7. The highest BCUT2D eigenvalue weighted by molar-refractivity contribution is 9.11. The molecular weight excluding hydrogens is 373 g/mol. The Kier molecular flexibility index (Phi) is 3.99. The molecule has 0 radical (unpaired) electrons. The minimum atomic E-state index is -0.597.